The van der Waals surface area contributed by atoms with E-state index >= 15 is 0 Å². The molecule has 3 unspecified atom stereocenters. The molecule has 0 amide bonds. The van der Waals surface area contributed by atoms with E-state index < -0.39 is 6.10 Å². The second kappa shape index (κ2) is 6.06. The summed E-state index contributed by atoms with van der Waals surface area (Å²) in [5.41, 5.74) is 9.89. The van der Waals surface area contributed by atoms with E-state index in [0.717, 1.165) is 0 Å². The summed E-state index contributed by atoms with van der Waals surface area (Å²) in [6.07, 6.45) is 0.277. The summed E-state index contributed by atoms with van der Waals surface area (Å²) < 4.78 is 0. The second-order valence-electron chi connectivity index (χ2n) is 6.89. The van der Waals surface area contributed by atoms with Gasteiger partial charge in [-0.15, -0.1) is 0 Å². The van der Waals surface area contributed by atoms with Crippen molar-refractivity contribution in [1.29, 1.82) is 0 Å². The molecule has 0 bridgehead atoms. The number of hydrogen-bond acceptors (Lipinski definition) is 2. The number of nitrogens with two attached hydrogens (primary N) is 1. The fourth-order valence-electron chi connectivity index (χ4n) is 2.47. The number of hydrogen-bond donors (Lipinski definition) is 2. The van der Waals surface area contributed by atoms with Crippen LogP contribution in [0.15, 0.2) is 18.2 Å². The van der Waals surface area contributed by atoms with Gasteiger partial charge in [-0.3, -0.25) is 0 Å². The highest BCUT2D eigenvalue weighted by molar-refractivity contribution is 5.37. The standard InChI is InChI=1S/C17H29NO/c1-11-7-8-14(10-15(11)17(4,5)6)12(2)9-16(19)13(3)18/h7-8,10,12-13,16,19H,9,18H2,1-6H3. The average Bonchev–Trinajstić information content (AvgIpc) is 2.27. The number of aliphatic hydroxyl groups is 1. The zero-order valence-electron chi connectivity index (χ0n) is 13.2. The van der Waals surface area contributed by atoms with Crippen LogP contribution in [-0.2, 0) is 5.41 Å². The van der Waals surface area contributed by atoms with Gasteiger partial charge in [0.1, 0.15) is 0 Å². The molecule has 0 aliphatic carbocycles. The van der Waals surface area contributed by atoms with E-state index in [1.807, 2.05) is 6.92 Å². The van der Waals surface area contributed by atoms with E-state index in [2.05, 4.69) is 52.8 Å². The van der Waals surface area contributed by atoms with Crippen LogP contribution < -0.4 is 5.73 Å². The molecule has 0 heterocycles. The lowest BCUT2D eigenvalue weighted by Gasteiger charge is -2.25. The Morgan fingerprint density at radius 2 is 1.79 bits per heavy atom. The van der Waals surface area contributed by atoms with Crippen molar-refractivity contribution >= 4 is 0 Å². The van der Waals surface area contributed by atoms with Gasteiger partial charge in [-0.1, -0.05) is 45.9 Å². The largest absolute Gasteiger partial charge is 0.392 e. The number of aryl methyl sites for hydroxylation is 1. The molecule has 2 heteroatoms. The molecule has 1 aromatic carbocycles. The maximum absolute atomic E-state index is 9.92. The Bertz CT molecular complexity index is 418. The first-order valence-electron chi connectivity index (χ1n) is 7.17. The summed E-state index contributed by atoms with van der Waals surface area (Å²) >= 11 is 0. The minimum absolute atomic E-state index is 0.152. The van der Waals surface area contributed by atoms with Crippen LogP contribution >= 0.6 is 0 Å². The molecule has 2 nitrogen and oxygen atoms in total. The first-order valence-corrected chi connectivity index (χ1v) is 7.17. The van der Waals surface area contributed by atoms with E-state index in [-0.39, 0.29) is 11.5 Å². The lowest BCUT2D eigenvalue weighted by atomic mass is 9.81. The highest BCUT2D eigenvalue weighted by atomic mass is 16.3. The third-order valence-electron chi connectivity index (χ3n) is 3.84. The number of rotatable bonds is 4. The molecule has 1 aromatic rings. The van der Waals surface area contributed by atoms with Crippen LogP contribution in [0.3, 0.4) is 0 Å². The molecule has 0 radical (unpaired) electrons. The molecular formula is C17H29NO. The topological polar surface area (TPSA) is 46.2 Å². The zero-order valence-corrected chi connectivity index (χ0v) is 13.2. The molecule has 0 aliphatic heterocycles. The Kier molecular flexibility index (Phi) is 5.17. The van der Waals surface area contributed by atoms with Crippen molar-refractivity contribution in [3.05, 3.63) is 34.9 Å². The maximum atomic E-state index is 9.92. The van der Waals surface area contributed by atoms with Gasteiger partial charge in [0.25, 0.3) is 0 Å². The molecule has 0 fully saturated rings. The summed E-state index contributed by atoms with van der Waals surface area (Å²) in [6.45, 7) is 12.9. The van der Waals surface area contributed by atoms with Crippen molar-refractivity contribution in [1.82, 2.24) is 0 Å². The van der Waals surface area contributed by atoms with Crippen molar-refractivity contribution in [2.75, 3.05) is 0 Å². The van der Waals surface area contributed by atoms with Crippen molar-refractivity contribution in [3.63, 3.8) is 0 Å². The summed E-state index contributed by atoms with van der Waals surface area (Å²) in [5.74, 6) is 0.322. The van der Waals surface area contributed by atoms with Crippen LogP contribution in [0.25, 0.3) is 0 Å². The van der Waals surface area contributed by atoms with Crippen LogP contribution in [0.1, 0.15) is 63.6 Å². The first kappa shape index (κ1) is 16.2. The fourth-order valence-corrected chi connectivity index (χ4v) is 2.47. The molecule has 0 aliphatic rings. The monoisotopic (exact) mass is 263 g/mol. The number of benzene rings is 1. The highest BCUT2D eigenvalue weighted by Crippen LogP contribution is 2.30. The Balaban J connectivity index is 2.96. The summed E-state index contributed by atoms with van der Waals surface area (Å²) in [5, 5.41) is 9.92. The van der Waals surface area contributed by atoms with Crippen molar-refractivity contribution in [3.8, 4) is 0 Å². The first-order chi connectivity index (χ1) is 8.62. The van der Waals surface area contributed by atoms with Crippen LogP contribution in [0.4, 0.5) is 0 Å². The van der Waals surface area contributed by atoms with Gasteiger partial charge in [-0.05, 0) is 48.3 Å². The molecule has 0 saturated heterocycles. The van der Waals surface area contributed by atoms with Gasteiger partial charge in [0, 0.05) is 6.04 Å². The minimum Gasteiger partial charge on any atom is -0.392 e. The van der Waals surface area contributed by atoms with Crippen molar-refractivity contribution in [2.24, 2.45) is 5.73 Å². The SMILES string of the molecule is Cc1ccc(C(C)CC(O)C(C)N)cc1C(C)(C)C. The van der Waals surface area contributed by atoms with Crippen LogP contribution in [-0.4, -0.2) is 17.3 Å². The van der Waals surface area contributed by atoms with E-state index in [1.165, 1.54) is 16.7 Å². The maximum Gasteiger partial charge on any atom is 0.0694 e. The molecule has 0 spiro atoms. The predicted molar refractivity (Wildman–Crippen MR) is 82.6 cm³/mol. The molecular weight excluding hydrogens is 234 g/mol. The van der Waals surface area contributed by atoms with Crippen molar-refractivity contribution < 1.29 is 5.11 Å². The average molecular weight is 263 g/mol. The summed E-state index contributed by atoms with van der Waals surface area (Å²) in [7, 11) is 0. The molecule has 19 heavy (non-hydrogen) atoms. The second-order valence-corrected chi connectivity index (χ2v) is 6.89. The molecule has 108 valence electrons. The quantitative estimate of drug-likeness (QED) is 0.873. The molecule has 3 N–H and O–H groups in total. The minimum atomic E-state index is -0.436. The normalized spacial score (nSPS) is 17.1. The van der Waals surface area contributed by atoms with E-state index in [0.29, 0.717) is 12.3 Å². The Morgan fingerprint density at radius 1 is 1.21 bits per heavy atom. The third kappa shape index (κ3) is 4.32. The Morgan fingerprint density at radius 3 is 2.26 bits per heavy atom. The van der Waals surface area contributed by atoms with Gasteiger partial charge >= 0.3 is 0 Å². The lowest BCUT2D eigenvalue weighted by molar-refractivity contribution is 0.134. The fraction of sp³-hybridized carbons (Fsp3) is 0.647. The van der Waals surface area contributed by atoms with E-state index in [4.69, 9.17) is 5.73 Å². The highest BCUT2D eigenvalue weighted by Gasteiger charge is 2.20. The van der Waals surface area contributed by atoms with Gasteiger partial charge < -0.3 is 10.8 Å². The Hall–Kier alpha value is -0.860. The van der Waals surface area contributed by atoms with E-state index in [1.54, 1.807) is 0 Å². The number of aliphatic hydroxyl groups excluding tert-OH is 1. The van der Waals surface area contributed by atoms with Gasteiger partial charge in [0.05, 0.1) is 6.10 Å². The van der Waals surface area contributed by atoms with Gasteiger partial charge in [-0.2, -0.15) is 0 Å². The molecule has 1 rings (SSSR count). The summed E-state index contributed by atoms with van der Waals surface area (Å²) in [6, 6.07) is 6.47. The Labute approximate surface area is 118 Å². The van der Waals surface area contributed by atoms with E-state index in [9.17, 15) is 5.11 Å². The van der Waals surface area contributed by atoms with Gasteiger partial charge in [0.2, 0.25) is 0 Å². The van der Waals surface area contributed by atoms with Crippen LogP contribution in [0, 0.1) is 6.92 Å². The smallest absolute Gasteiger partial charge is 0.0694 e. The molecule has 3 atom stereocenters. The van der Waals surface area contributed by atoms with Gasteiger partial charge in [-0.25, -0.2) is 0 Å². The summed E-state index contributed by atoms with van der Waals surface area (Å²) in [4.78, 5) is 0. The van der Waals surface area contributed by atoms with Crippen LogP contribution in [0.2, 0.25) is 0 Å². The predicted octanol–water partition coefficient (Wildman–Crippen LogP) is 3.49. The lowest BCUT2D eigenvalue weighted by Crippen LogP contribution is -2.32. The molecule has 0 saturated carbocycles. The third-order valence-corrected chi connectivity index (χ3v) is 3.84. The van der Waals surface area contributed by atoms with Gasteiger partial charge in [0.15, 0.2) is 0 Å². The molecule has 0 aromatic heterocycles. The van der Waals surface area contributed by atoms with Crippen molar-refractivity contribution in [2.45, 2.75) is 71.4 Å². The zero-order chi connectivity index (χ0) is 14.8. The van der Waals surface area contributed by atoms with Crippen LogP contribution in [0.5, 0.6) is 0 Å².